The number of benzene rings is 1. The summed E-state index contributed by atoms with van der Waals surface area (Å²) in [6.45, 7) is 9.08. The van der Waals surface area contributed by atoms with E-state index < -0.39 is 0 Å². The monoisotopic (exact) mass is 274 g/mol. The molecule has 1 aromatic carbocycles. The Morgan fingerprint density at radius 1 is 1.10 bits per heavy atom. The van der Waals surface area contributed by atoms with E-state index in [1.165, 1.54) is 43.4 Å². The molecule has 112 valence electrons. The van der Waals surface area contributed by atoms with E-state index in [9.17, 15) is 0 Å². The summed E-state index contributed by atoms with van der Waals surface area (Å²) in [6, 6.07) is 10.6. The third-order valence-electron chi connectivity index (χ3n) is 4.55. The number of hydrogen-bond acceptors (Lipinski definition) is 2. The molecular formula is C18H30N2. The highest BCUT2D eigenvalue weighted by atomic mass is 15.2. The molecule has 1 aliphatic heterocycles. The molecule has 1 fully saturated rings. The second kappa shape index (κ2) is 7.68. The van der Waals surface area contributed by atoms with Crippen LogP contribution in [0.15, 0.2) is 24.3 Å². The van der Waals surface area contributed by atoms with Gasteiger partial charge in [0.05, 0.1) is 0 Å². The normalized spacial score (nSPS) is 23.1. The molecule has 2 rings (SSSR count). The maximum atomic E-state index is 3.67. The van der Waals surface area contributed by atoms with Crippen LogP contribution in [-0.4, -0.2) is 25.2 Å². The Morgan fingerprint density at radius 3 is 2.45 bits per heavy atom. The van der Waals surface area contributed by atoms with E-state index in [0.717, 1.165) is 13.1 Å². The number of hydrogen-bond donors (Lipinski definition) is 1. The lowest BCUT2D eigenvalue weighted by atomic mass is 10.0. The van der Waals surface area contributed by atoms with Crippen LogP contribution < -0.4 is 10.2 Å². The van der Waals surface area contributed by atoms with Gasteiger partial charge in [-0.2, -0.15) is 0 Å². The molecule has 20 heavy (non-hydrogen) atoms. The molecule has 0 spiro atoms. The standard InChI is InChI=1S/C18H30N2/c1-4-7-8-15-9-11-18(12-10-15)20-14-16(5-2)19-13-17(20)6-3/h9-12,16-17,19H,4-8,13-14H2,1-3H3. The molecule has 2 unspecified atom stereocenters. The molecule has 0 radical (unpaired) electrons. The Kier molecular flexibility index (Phi) is 5.90. The lowest BCUT2D eigenvalue weighted by molar-refractivity contribution is 0.379. The number of anilines is 1. The minimum Gasteiger partial charge on any atom is -0.366 e. The van der Waals surface area contributed by atoms with Gasteiger partial charge in [-0.15, -0.1) is 0 Å². The predicted octanol–water partition coefficient (Wildman–Crippen LogP) is 4.00. The van der Waals surface area contributed by atoms with Gasteiger partial charge < -0.3 is 10.2 Å². The molecule has 1 saturated heterocycles. The van der Waals surface area contributed by atoms with Crippen LogP contribution in [-0.2, 0) is 6.42 Å². The summed E-state index contributed by atoms with van der Waals surface area (Å²) < 4.78 is 0. The van der Waals surface area contributed by atoms with Crippen molar-refractivity contribution >= 4 is 5.69 Å². The highest BCUT2D eigenvalue weighted by Gasteiger charge is 2.25. The molecule has 1 aliphatic rings. The molecule has 1 aromatic rings. The van der Waals surface area contributed by atoms with E-state index >= 15 is 0 Å². The van der Waals surface area contributed by atoms with Crippen molar-refractivity contribution in [3.8, 4) is 0 Å². The summed E-state index contributed by atoms with van der Waals surface area (Å²) in [4.78, 5) is 2.61. The van der Waals surface area contributed by atoms with Crippen molar-refractivity contribution in [1.29, 1.82) is 0 Å². The maximum absolute atomic E-state index is 3.67. The average Bonchev–Trinajstić information content (AvgIpc) is 2.52. The summed E-state index contributed by atoms with van der Waals surface area (Å²) in [5.41, 5.74) is 2.88. The Bertz CT molecular complexity index is 385. The van der Waals surface area contributed by atoms with E-state index in [2.05, 4.69) is 55.3 Å². The molecule has 0 bridgehead atoms. The average molecular weight is 274 g/mol. The van der Waals surface area contributed by atoms with E-state index in [-0.39, 0.29) is 0 Å². The summed E-state index contributed by atoms with van der Waals surface area (Å²) in [5, 5.41) is 3.67. The van der Waals surface area contributed by atoms with Gasteiger partial charge in [0.25, 0.3) is 0 Å². The van der Waals surface area contributed by atoms with Crippen LogP contribution in [0, 0.1) is 0 Å². The van der Waals surface area contributed by atoms with E-state index in [4.69, 9.17) is 0 Å². The molecule has 2 heteroatoms. The molecule has 2 nitrogen and oxygen atoms in total. The van der Waals surface area contributed by atoms with Crippen molar-refractivity contribution in [2.45, 2.75) is 65.0 Å². The third-order valence-corrected chi connectivity index (χ3v) is 4.55. The van der Waals surface area contributed by atoms with Crippen LogP contribution in [0.1, 0.15) is 52.0 Å². The zero-order valence-electron chi connectivity index (χ0n) is 13.4. The number of nitrogens with zero attached hydrogens (tertiary/aromatic N) is 1. The van der Waals surface area contributed by atoms with Gasteiger partial charge in [0, 0.05) is 30.9 Å². The summed E-state index contributed by atoms with van der Waals surface area (Å²) in [6.07, 6.45) is 6.20. The first kappa shape index (κ1) is 15.4. The van der Waals surface area contributed by atoms with Crippen LogP contribution >= 0.6 is 0 Å². The lowest BCUT2D eigenvalue weighted by Gasteiger charge is -2.41. The van der Waals surface area contributed by atoms with Crippen LogP contribution in [0.5, 0.6) is 0 Å². The minimum atomic E-state index is 0.637. The zero-order valence-corrected chi connectivity index (χ0v) is 13.4. The summed E-state index contributed by atoms with van der Waals surface area (Å²) in [5.74, 6) is 0. The number of piperazine rings is 1. The first-order valence-corrected chi connectivity index (χ1v) is 8.37. The largest absolute Gasteiger partial charge is 0.366 e. The van der Waals surface area contributed by atoms with E-state index in [1.54, 1.807) is 0 Å². The Balaban J connectivity index is 2.06. The Morgan fingerprint density at radius 2 is 1.85 bits per heavy atom. The number of unbranched alkanes of at least 4 members (excludes halogenated alkanes) is 1. The highest BCUT2D eigenvalue weighted by Crippen LogP contribution is 2.23. The van der Waals surface area contributed by atoms with Gasteiger partial charge in [0.15, 0.2) is 0 Å². The maximum Gasteiger partial charge on any atom is 0.0412 e. The number of nitrogens with one attached hydrogen (secondary N) is 1. The fourth-order valence-corrected chi connectivity index (χ4v) is 3.05. The van der Waals surface area contributed by atoms with E-state index in [1.807, 2.05) is 0 Å². The van der Waals surface area contributed by atoms with Crippen molar-refractivity contribution in [3.63, 3.8) is 0 Å². The first-order chi connectivity index (χ1) is 9.78. The number of rotatable bonds is 6. The number of aryl methyl sites for hydroxylation is 1. The van der Waals surface area contributed by atoms with Crippen LogP contribution in [0.4, 0.5) is 5.69 Å². The van der Waals surface area contributed by atoms with Crippen molar-refractivity contribution < 1.29 is 0 Å². The van der Waals surface area contributed by atoms with Gasteiger partial charge in [-0.25, -0.2) is 0 Å². The van der Waals surface area contributed by atoms with Gasteiger partial charge in [-0.1, -0.05) is 39.3 Å². The van der Waals surface area contributed by atoms with Gasteiger partial charge in [0.1, 0.15) is 0 Å². The minimum absolute atomic E-state index is 0.637. The van der Waals surface area contributed by atoms with Crippen LogP contribution in [0.25, 0.3) is 0 Å². The topological polar surface area (TPSA) is 15.3 Å². The van der Waals surface area contributed by atoms with Gasteiger partial charge in [-0.3, -0.25) is 0 Å². The quantitative estimate of drug-likeness (QED) is 0.843. The Labute approximate surface area is 124 Å². The molecule has 2 atom stereocenters. The summed E-state index contributed by atoms with van der Waals surface area (Å²) >= 11 is 0. The molecule has 0 aromatic heterocycles. The van der Waals surface area contributed by atoms with Crippen LogP contribution in [0.2, 0.25) is 0 Å². The molecule has 1 N–H and O–H groups in total. The van der Waals surface area contributed by atoms with Gasteiger partial charge in [-0.05, 0) is 43.4 Å². The Hall–Kier alpha value is -1.02. The first-order valence-electron chi connectivity index (χ1n) is 8.37. The second-order valence-corrected chi connectivity index (χ2v) is 6.00. The predicted molar refractivity (Wildman–Crippen MR) is 88.6 cm³/mol. The van der Waals surface area contributed by atoms with Crippen molar-refractivity contribution in [1.82, 2.24) is 5.32 Å². The van der Waals surface area contributed by atoms with Crippen molar-refractivity contribution in [2.75, 3.05) is 18.0 Å². The van der Waals surface area contributed by atoms with Gasteiger partial charge >= 0.3 is 0 Å². The fourth-order valence-electron chi connectivity index (χ4n) is 3.05. The molecule has 0 saturated carbocycles. The SMILES string of the molecule is CCCCc1ccc(N2CC(CC)NCC2CC)cc1. The molecule has 1 heterocycles. The van der Waals surface area contributed by atoms with Crippen molar-refractivity contribution in [2.24, 2.45) is 0 Å². The molecule has 0 amide bonds. The summed E-state index contributed by atoms with van der Waals surface area (Å²) in [7, 11) is 0. The third kappa shape index (κ3) is 3.76. The molecule has 0 aliphatic carbocycles. The van der Waals surface area contributed by atoms with Crippen LogP contribution in [0.3, 0.4) is 0 Å². The second-order valence-electron chi connectivity index (χ2n) is 6.00. The smallest absolute Gasteiger partial charge is 0.0412 e. The molecular weight excluding hydrogens is 244 g/mol. The fraction of sp³-hybridized carbons (Fsp3) is 0.667. The van der Waals surface area contributed by atoms with E-state index in [0.29, 0.717) is 12.1 Å². The van der Waals surface area contributed by atoms with Crippen molar-refractivity contribution in [3.05, 3.63) is 29.8 Å². The zero-order chi connectivity index (χ0) is 14.4. The van der Waals surface area contributed by atoms with Gasteiger partial charge in [0.2, 0.25) is 0 Å². The highest BCUT2D eigenvalue weighted by molar-refractivity contribution is 5.49. The lowest BCUT2D eigenvalue weighted by Crippen LogP contribution is -2.56.